The molecule has 2 amide bonds. The number of nitrogens with two attached hydrogens (primary N) is 1. The maximum Gasteiger partial charge on any atom is 0.418 e. The fraction of sp³-hybridized carbons (Fsp3) is 0.154. The van der Waals surface area contributed by atoms with Crippen molar-refractivity contribution in [2.45, 2.75) is 4.90 Å². The number of carbonyl (C=O) groups is 1. The first kappa shape index (κ1) is 13.7. The number of fused-ring (bicyclic) bond motifs is 1. The third-order valence-corrected chi connectivity index (χ3v) is 3.91. The Morgan fingerprint density at radius 1 is 1.16 bits per heavy atom. The lowest BCUT2D eigenvalue weighted by Gasteiger charge is -2.25. The monoisotopic (exact) mass is 278 g/mol. The Labute approximate surface area is 113 Å². The van der Waals surface area contributed by atoms with Crippen molar-refractivity contribution < 1.29 is 13.6 Å². The highest BCUT2D eigenvalue weighted by molar-refractivity contribution is 7.79. The van der Waals surface area contributed by atoms with Crippen LogP contribution in [0.25, 0.3) is 10.8 Å². The predicted octanol–water partition coefficient (Wildman–Crippen LogP) is 1.72. The van der Waals surface area contributed by atoms with Gasteiger partial charge in [-0.05, 0) is 23.2 Å². The van der Waals surface area contributed by atoms with Crippen molar-refractivity contribution in [3.05, 3.63) is 36.4 Å². The van der Waals surface area contributed by atoms with Gasteiger partial charge in [0.25, 0.3) is 0 Å². The molecule has 0 fully saturated rings. The van der Waals surface area contributed by atoms with E-state index in [2.05, 4.69) is 0 Å². The molecule has 1 unspecified atom stereocenters. The molecule has 0 heterocycles. The molecule has 1 atom stereocenters. The van der Waals surface area contributed by atoms with Crippen molar-refractivity contribution in [1.82, 2.24) is 4.48 Å². The zero-order valence-corrected chi connectivity index (χ0v) is 11.4. The number of primary amides is 1. The third-order valence-electron chi connectivity index (χ3n) is 3.19. The minimum Gasteiger partial charge on any atom is -0.768 e. The summed E-state index contributed by atoms with van der Waals surface area (Å²) in [7, 11) is 3.33. The van der Waals surface area contributed by atoms with Gasteiger partial charge < -0.3 is 10.3 Å². The molecule has 0 aliphatic rings. The van der Waals surface area contributed by atoms with E-state index in [0.717, 1.165) is 0 Å². The number of hydrogen-bond donors (Lipinski definition) is 1. The molecule has 0 saturated carbocycles. The van der Waals surface area contributed by atoms with Gasteiger partial charge in [0.1, 0.15) is 5.69 Å². The molecule has 0 bridgehead atoms. The van der Waals surface area contributed by atoms with E-state index in [1.165, 1.54) is 6.07 Å². The molecule has 2 aromatic carbocycles. The van der Waals surface area contributed by atoms with E-state index in [4.69, 9.17) is 5.73 Å². The number of hydrogen-bond acceptors (Lipinski definition) is 3. The van der Waals surface area contributed by atoms with Gasteiger partial charge in [0.05, 0.1) is 14.1 Å². The first-order chi connectivity index (χ1) is 8.85. The smallest absolute Gasteiger partial charge is 0.418 e. The Morgan fingerprint density at radius 3 is 2.32 bits per heavy atom. The summed E-state index contributed by atoms with van der Waals surface area (Å²) in [6.07, 6.45) is 0. The standard InChI is InChI=1S/C13H14N2O3S/c1-15(2,13(14)16)11-7-3-6-10-9(11)5-4-8-12(10)19(17)18/h3-8H,1-2H3,(H2-,14,16,17,18). The number of rotatable bonds is 2. The highest BCUT2D eigenvalue weighted by Crippen LogP contribution is 2.32. The lowest BCUT2D eigenvalue weighted by molar-refractivity contribution is 0.227. The summed E-state index contributed by atoms with van der Waals surface area (Å²) < 4.78 is 22.3. The highest BCUT2D eigenvalue weighted by atomic mass is 32.2. The van der Waals surface area contributed by atoms with Crippen LogP contribution in [-0.2, 0) is 11.1 Å². The largest absolute Gasteiger partial charge is 0.768 e. The van der Waals surface area contributed by atoms with Crippen LogP contribution in [0.3, 0.4) is 0 Å². The average molecular weight is 278 g/mol. The van der Waals surface area contributed by atoms with Crippen LogP contribution in [0.4, 0.5) is 10.5 Å². The first-order valence-corrected chi connectivity index (χ1v) is 6.68. The fourth-order valence-corrected chi connectivity index (χ4v) is 2.56. The molecular formula is C13H14N2O3S. The van der Waals surface area contributed by atoms with Gasteiger partial charge in [-0.15, -0.1) is 0 Å². The van der Waals surface area contributed by atoms with Gasteiger partial charge in [-0.2, -0.15) is 0 Å². The van der Waals surface area contributed by atoms with E-state index in [1.807, 2.05) is 0 Å². The number of nitrogens with zero attached hydrogens (tertiary/aromatic N) is 1. The molecule has 6 heteroatoms. The van der Waals surface area contributed by atoms with Crippen LogP contribution in [0.5, 0.6) is 0 Å². The Balaban J connectivity index is 2.83. The molecule has 0 spiro atoms. The zero-order valence-electron chi connectivity index (χ0n) is 10.6. The molecular weight excluding hydrogens is 264 g/mol. The number of carbonyl (C=O) groups excluding carboxylic acids is 1. The second-order valence-corrected chi connectivity index (χ2v) is 5.56. The van der Waals surface area contributed by atoms with E-state index < -0.39 is 17.1 Å². The fourth-order valence-electron chi connectivity index (χ4n) is 2.02. The molecule has 0 radical (unpaired) electrons. The molecule has 19 heavy (non-hydrogen) atoms. The summed E-state index contributed by atoms with van der Waals surface area (Å²) in [6, 6.07) is 9.65. The molecule has 0 aliphatic carbocycles. The van der Waals surface area contributed by atoms with Crippen molar-refractivity contribution in [3.8, 4) is 0 Å². The molecule has 2 N–H and O–H groups in total. The Hall–Kier alpha value is -1.76. The van der Waals surface area contributed by atoms with Crippen LogP contribution in [0, 0.1) is 0 Å². The summed E-state index contributed by atoms with van der Waals surface area (Å²) in [5.41, 5.74) is 6.07. The minimum absolute atomic E-state index is 0.147. The van der Waals surface area contributed by atoms with Crippen LogP contribution >= 0.6 is 0 Å². The van der Waals surface area contributed by atoms with Crippen LogP contribution in [0.1, 0.15) is 0 Å². The summed E-state index contributed by atoms with van der Waals surface area (Å²) in [5, 5.41) is 1.29. The molecule has 0 aromatic heterocycles. The van der Waals surface area contributed by atoms with Crippen molar-refractivity contribution in [2.24, 2.45) is 5.73 Å². The number of amides is 2. The molecule has 0 aliphatic heterocycles. The lowest BCUT2D eigenvalue weighted by atomic mass is 10.1. The SMILES string of the molecule is C[N+](C)(C(N)=O)c1cccc2c(S(=O)[O-])cccc12. The number of urea groups is 1. The molecule has 2 rings (SSSR count). The van der Waals surface area contributed by atoms with Crippen LogP contribution in [0.2, 0.25) is 0 Å². The lowest BCUT2D eigenvalue weighted by Crippen LogP contribution is -2.50. The van der Waals surface area contributed by atoms with E-state index in [0.29, 0.717) is 16.5 Å². The Morgan fingerprint density at radius 2 is 1.74 bits per heavy atom. The predicted molar refractivity (Wildman–Crippen MR) is 74.4 cm³/mol. The molecule has 100 valence electrons. The quantitative estimate of drug-likeness (QED) is 0.670. The van der Waals surface area contributed by atoms with Gasteiger partial charge in [-0.25, -0.2) is 9.28 Å². The molecule has 2 aromatic rings. The molecule has 5 nitrogen and oxygen atoms in total. The third kappa shape index (κ3) is 2.25. The van der Waals surface area contributed by atoms with Crippen molar-refractivity contribution in [3.63, 3.8) is 0 Å². The van der Waals surface area contributed by atoms with Crippen molar-refractivity contribution in [2.75, 3.05) is 14.1 Å². The van der Waals surface area contributed by atoms with Gasteiger partial charge in [-0.3, -0.25) is 4.21 Å². The van der Waals surface area contributed by atoms with Crippen molar-refractivity contribution in [1.29, 1.82) is 0 Å². The van der Waals surface area contributed by atoms with E-state index in [-0.39, 0.29) is 9.38 Å². The van der Waals surface area contributed by atoms with Crippen LogP contribution in [0.15, 0.2) is 41.3 Å². The van der Waals surface area contributed by atoms with Gasteiger partial charge in [-0.1, -0.05) is 18.2 Å². The maximum atomic E-state index is 11.6. The molecule has 0 saturated heterocycles. The summed E-state index contributed by atoms with van der Waals surface area (Å²) >= 11 is -2.32. The second-order valence-electron chi connectivity index (χ2n) is 4.65. The Bertz CT molecular complexity index is 683. The van der Waals surface area contributed by atoms with Gasteiger partial charge >= 0.3 is 6.03 Å². The van der Waals surface area contributed by atoms with E-state index in [9.17, 15) is 13.6 Å². The van der Waals surface area contributed by atoms with Gasteiger partial charge in [0, 0.05) is 21.7 Å². The number of benzene rings is 2. The van der Waals surface area contributed by atoms with Gasteiger partial charge in [0.2, 0.25) is 0 Å². The topological polar surface area (TPSA) is 83.2 Å². The number of quaternary nitrogens is 1. The highest BCUT2D eigenvalue weighted by Gasteiger charge is 2.28. The normalized spacial score (nSPS) is 13.4. The summed E-state index contributed by atoms with van der Waals surface area (Å²) in [4.78, 5) is 11.8. The maximum absolute atomic E-state index is 11.6. The average Bonchev–Trinajstić information content (AvgIpc) is 2.36. The second kappa shape index (κ2) is 4.73. The van der Waals surface area contributed by atoms with Crippen LogP contribution in [-0.4, -0.2) is 28.9 Å². The summed E-state index contributed by atoms with van der Waals surface area (Å²) in [5.74, 6) is 0. The van der Waals surface area contributed by atoms with Gasteiger partial charge in [0.15, 0.2) is 0 Å². The van der Waals surface area contributed by atoms with E-state index >= 15 is 0 Å². The van der Waals surface area contributed by atoms with E-state index in [1.54, 1.807) is 44.4 Å². The minimum atomic E-state index is -2.32. The van der Waals surface area contributed by atoms with Crippen LogP contribution < -0.4 is 10.2 Å². The van der Waals surface area contributed by atoms with Crippen molar-refractivity contribution >= 4 is 33.6 Å². The first-order valence-electron chi connectivity index (χ1n) is 5.61. The Kier molecular flexibility index (Phi) is 3.40. The zero-order chi connectivity index (χ0) is 14.2. The summed E-state index contributed by atoms with van der Waals surface area (Å²) in [6.45, 7) is 0.